The van der Waals surface area contributed by atoms with E-state index in [-0.39, 0.29) is 5.82 Å². The molecule has 0 aromatic heterocycles. The van der Waals surface area contributed by atoms with Gasteiger partial charge in [0.25, 0.3) is 0 Å². The lowest BCUT2D eigenvalue weighted by Crippen LogP contribution is -1.91. The fraction of sp³-hybridized carbons (Fsp3) is 0.200. The fourth-order valence-electron chi connectivity index (χ4n) is 1.92. The van der Waals surface area contributed by atoms with Crippen molar-refractivity contribution in [2.75, 3.05) is 7.11 Å². The maximum absolute atomic E-state index is 13.3. The molecule has 0 N–H and O–H groups in total. The standard InChI is InChI=1S/C15H15FO/c1-10-4-7-15(17-3)14(8-10)13-9-12(16)6-5-11(13)2/h4-9H,1-3H3. The van der Waals surface area contributed by atoms with Gasteiger partial charge in [-0.15, -0.1) is 0 Å². The third-order valence-corrected chi connectivity index (χ3v) is 2.84. The zero-order valence-corrected chi connectivity index (χ0v) is 10.3. The van der Waals surface area contributed by atoms with Gasteiger partial charge in [-0.1, -0.05) is 17.7 Å². The van der Waals surface area contributed by atoms with Gasteiger partial charge in [-0.2, -0.15) is 0 Å². The van der Waals surface area contributed by atoms with Gasteiger partial charge >= 0.3 is 0 Å². The summed E-state index contributed by atoms with van der Waals surface area (Å²) < 4.78 is 18.7. The molecule has 1 nitrogen and oxygen atoms in total. The predicted octanol–water partition coefficient (Wildman–Crippen LogP) is 4.12. The topological polar surface area (TPSA) is 9.23 Å². The van der Waals surface area contributed by atoms with Crippen LogP contribution in [0.25, 0.3) is 11.1 Å². The summed E-state index contributed by atoms with van der Waals surface area (Å²) in [5, 5.41) is 0. The highest BCUT2D eigenvalue weighted by Crippen LogP contribution is 2.33. The molecule has 0 saturated carbocycles. The SMILES string of the molecule is COc1ccc(C)cc1-c1cc(F)ccc1C. The Morgan fingerprint density at radius 2 is 1.71 bits per heavy atom. The lowest BCUT2D eigenvalue weighted by Gasteiger charge is -2.12. The average Bonchev–Trinajstić information content (AvgIpc) is 2.32. The molecule has 0 radical (unpaired) electrons. The summed E-state index contributed by atoms with van der Waals surface area (Å²) in [6.45, 7) is 3.98. The van der Waals surface area contributed by atoms with Gasteiger partial charge in [0, 0.05) is 5.56 Å². The van der Waals surface area contributed by atoms with E-state index in [1.807, 2.05) is 32.0 Å². The molecule has 2 heteroatoms. The Morgan fingerprint density at radius 3 is 2.41 bits per heavy atom. The van der Waals surface area contributed by atoms with Crippen LogP contribution in [0.1, 0.15) is 11.1 Å². The molecule has 17 heavy (non-hydrogen) atoms. The van der Waals surface area contributed by atoms with Gasteiger partial charge in [0.2, 0.25) is 0 Å². The van der Waals surface area contributed by atoms with E-state index in [4.69, 9.17) is 4.74 Å². The van der Waals surface area contributed by atoms with Crippen molar-refractivity contribution in [2.24, 2.45) is 0 Å². The molecule has 0 spiro atoms. The molecule has 0 aliphatic rings. The Morgan fingerprint density at radius 1 is 0.941 bits per heavy atom. The van der Waals surface area contributed by atoms with Gasteiger partial charge in [-0.3, -0.25) is 0 Å². The molecule has 0 unspecified atom stereocenters. The van der Waals surface area contributed by atoms with Crippen LogP contribution in [-0.4, -0.2) is 7.11 Å². The molecule has 88 valence electrons. The normalized spacial score (nSPS) is 10.4. The van der Waals surface area contributed by atoms with Gasteiger partial charge in [-0.25, -0.2) is 4.39 Å². The van der Waals surface area contributed by atoms with Gasteiger partial charge < -0.3 is 4.74 Å². The van der Waals surface area contributed by atoms with E-state index < -0.39 is 0 Å². The van der Waals surface area contributed by atoms with Crippen molar-refractivity contribution < 1.29 is 9.13 Å². The fourth-order valence-corrected chi connectivity index (χ4v) is 1.92. The molecule has 0 atom stereocenters. The summed E-state index contributed by atoms with van der Waals surface area (Å²) in [7, 11) is 1.63. The largest absolute Gasteiger partial charge is 0.496 e. The Hall–Kier alpha value is -1.83. The highest BCUT2D eigenvalue weighted by molar-refractivity contribution is 5.73. The van der Waals surface area contributed by atoms with E-state index in [1.165, 1.54) is 6.07 Å². The van der Waals surface area contributed by atoms with Crippen LogP contribution in [-0.2, 0) is 0 Å². The van der Waals surface area contributed by atoms with E-state index in [0.717, 1.165) is 28.0 Å². The van der Waals surface area contributed by atoms with Crippen LogP contribution in [0.3, 0.4) is 0 Å². The number of benzene rings is 2. The second-order valence-electron chi connectivity index (χ2n) is 4.16. The summed E-state index contributed by atoms with van der Waals surface area (Å²) in [5.41, 5.74) is 3.98. The molecule has 0 fully saturated rings. The molecule has 2 aromatic carbocycles. The van der Waals surface area contributed by atoms with Crippen molar-refractivity contribution in [1.82, 2.24) is 0 Å². The van der Waals surface area contributed by atoms with Crippen LogP contribution in [0, 0.1) is 19.7 Å². The zero-order valence-electron chi connectivity index (χ0n) is 10.3. The Balaban J connectivity index is 2.66. The molecule has 0 aliphatic heterocycles. The number of methoxy groups -OCH3 is 1. The number of ether oxygens (including phenoxy) is 1. The number of aryl methyl sites for hydroxylation is 2. The lowest BCUT2D eigenvalue weighted by atomic mass is 9.98. The number of hydrogen-bond acceptors (Lipinski definition) is 1. The van der Waals surface area contributed by atoms with Crippen LogP contribution in [0.4, 0.5) is 4.39 Å². The van der Waals surface area contributed by atoms with Crippen molar-refractivity contribution in [3.63, 3.8) is 0 Å². The molecule has 0 aliphatic carbocycles. The number of halogens is 1. The van der Waals surface area contributed by atoms with Gasteiger partial charge in [-0.05, 0) is 49.2 Å². The third-order valence-electron chi connectivity index (χ3n) is 2.84. The van der Waals surface area contributed by atoms with Crippen LogP contribution < -0.4 is 4.74 Å². The van der Waals surface area contributed by atoms with E-state index in [0.29, 0.717) is 0 Å². The van der Waals surface area contributed by atoms with Crippen molar-refractivity contribution in [1.29, 1.82) is 0 Å². The van der Waals surface area contributed by atoms with E-state index in [9.17, 15) is 4.39 Å². The zero-order chi connectivity index (χ0) is 12.4. The van der Waals surface area contributed by atoms with Gasteiger partial charge in [0.15, 0.2) is 0 Å². The highest BCUT2D eigenvalue weighted by atomic mass is 19.1. The van der Waals surface area contributed by atoms with E-state index in [1.54, 1.807) is 19.2 Å². The van der Waals surface area contributed by atoms with Gasteiger partial charge in [0.05, 0.1) is 7.11 Å². The second-order valence-corrected chi connectivity index (χ2v) is 4.16. The molecule has 2 aromatic rings. The van der Waals surface area contributed by atoms with Crippen molar-refractivity contribution in [3.8, 4) is 16.9 Å². The van der Waals surface area contributed by atoms with Crippen LogP contribution in [0.15, 0.2) is 36.4 Å². The second kappa shape index (κ2) is 4.58. The molecular formula is C15H15FO. The first kappa shape index (κ1) is 11.6. The van der Waals surface area contributed by atoms with Crippen LogP contribution >= 0.6 is 0 Å². The molecular weight excluding hydrogens is 215 g/mol. The monoisotopic (exact) mass is 230 g/mol. The first-order valence-electron chi connectivity index (χ1n) is 5.53. The smallest absolute Gasteiger partial charge is 0.126 e. The summed E-state index contributed by atoms with van der Waals surface area (Å²) in [6.07, 6.45) is 0. The van der Waals surface area contributed by atoms with E-state index >= 15 is 0 Å². The maximum atomic E-state index is 13.3. The lowest BCUT2D eigenvalue weighted by molar-refractivity contribution is 0.416. The maximum Gasteiger partial charge on any atom is 0.126 e. The first-order chi connectivity index (χ1) is 8.11. The molecule has 0 saturated heterocycles. The summed E-state index contributed by atoms with van der Waals surface area (Å²) in [5.74, 6) is 0.540. The Bertz CT molecular complexity index is 547. The van der Waals surface area contributed by atoms with E-state index in [2.05, 4.69) is 0 Å². The first-order valence-corrected chi connectivity index (χ1v) is 5.53. The Labute approximate surface area is 101 Å². The highest BCUT2D eigenvalue weighted by Gasteiger charge is 2.09. The van der Waals surface area contributed by atoms with Crippen molar-refractivity contribution in [3.05, 3.63) is 53.3 Å². The quantitative estimate of drug-likeness (QED) is 0.754. The molecule has 0 amide bonds. The van der Waals surface area contributed by atoms with Crippen molar-refractivity contribution in [2.45, 2.75) is 13.8 Å². The predicted molar refractivity (Wildman–Crippen MR) is 67.9 cm³/mol. The summed E-state index contributed by atoms with van der Waals surface area (Å²) in [4.78, 5) is 0. The minimum Gasteiger partial charge on any atom is -0.496 e. The summed E-state index contributed by atoms with van der Waals surface area (Å²) in [6, 6.07) is 10.7. The minimum absolute atomic E-state index is 0.228. The molecule has 0 bridgehead atoms. The number of rotatable bonds is 2. The minimum atomic E-state index is -0.228. The van der Waals surface area contributed by atoms with Crippen LogP contribution in [0.5, 0.6) is 5.75 Å². The van der Waals surface area contributed by atoms with Crippen LogP contribution in [0.2, 0.25) is 0 Å². The summed E-state index contributed by atoms with van der Waals surface area (Å²) >= 11 is 0. The van der Waals surface area contributed by atoms with Gasteiger partial charge in [0.1, 0.15) is 11.6 Å². The molecule has 2 rings (SSSR count). The number of hydrogen-bond donors (Lipinski definition) is 0. The van der Waals surface area contributed by atoms with Crippen molar-refractivity contribution >= 4 is 0 Å². The third kappa shape index (κ3) is 2.31. The average molecular weight is 230 g/mol. The molecule has 0 heterocycles. The Kier molecular flexibility index (Phi) is 3.14.